The first kappa shape index (κ1) is 10.1. The van der Waals surface area contributed by atoms with Crippen molar-refractivity contribution in [1.82, 2.24) is 15.0 Å². The molecule has 0 aliphatic rings. The first-order valence-electron chi connectivity index (χ1n) is 4.55. The molecule has 0 fully saturated rings. The lowest BCUT2D eigenvalue weighted by Gasteiger charge is -2.03. The van der Waals surface area contributed by atoms with Gasteiger partial charge in [0.05, 0.1) is 6.54 Å². The fourth-order valence-corrected chi connectivity index (χ4v) is 1.30. The summed E-state index contributed by atoms with van der Waals surface area (Å²) in [4.78, 5) is 0. The van der Waals surface area contributed by atoms with Crippen molar-refractivity contribution in [1.29, 1.82) is 5.26 Å². The van der Waals surface area contributed by atoms with Crippen LogP contribution in [0, 0.1) is 17.1 Å². The van der Waals surface area contributed by atoms with Gasteiger partial charge in [-0.3, -0.25) is 0 Å². The van der Waals surface area contributed by atoms with Crippen LogP contribution >= 0.6 is 0 Å². The quantitative estimate of drug-likeness (QED) is 0.811. The summed E-state index contributed by atoms with van der Waals surface area (Å²) in [6, 6.07) is 8.11. The minimum absolute atomic E-state index is 0.0522. The van der Waals surface area contributed by atoms with E-state index in [2.05, 4.69) is 10.3 Å². The van der Waals surface area contributed by atoms with Crippen LogP contribution in [0.15, 0.2) is 24.3 Å². The van der Waals surface area contributed by atoms with E-state index in [9.17, 15) is 4.39 Å². The number of nitrogens with zero attached hydrogens (tertiary/aromatic N) is 4. The van der Waals surface area contributed by atoms with Crippen molar-refractivity contribution in [3.8, 4) is 6.07 Å². The van der Waals surface area contributed by atoms with Crippen molar-refractivity contribution in [2.75, 3.05) is 5.73 Å². The third-order valence-corrected chi connectivity index (χ3v) is 2.16. The molecule has 16 heavy (non-hydrogen) atoms. The minimum atomic E-state index is -0.337. The summed E-state index contributed by atoms with van der Waals surface area (Å²) in [5, 5.41) is 15.9. The molecule has 0 amide bonds. The van der Waals surface area contributed by atoms with E-state index in [1.807, 2.05) is 0 Å². The topological polar surface area (TPSA) is 80.5 Å². The molecule has 6 heteroatoms. The average molecular weight is 217 g/mol. The predicted octanol–water partition coefficient (Wildman–Crippen LogP) is 0.919. The maximum absolute atomic E-state index is 13.3. The van der Waals surface area contributed by atoms with Crippen LogP contribution < -0.4 is 5.73 Å². The maximum atomic E-state index is 13.3. The zero-order valence-electron chi connectivity index (χ0n) is 8.26. The molecule has 1 aromatic carbocycles. The van der Waals surface area contributed by atoms with E-state index in [1.165, 1.54) is 10.7 Å². The van der Waals surface area contributed by atoms with Gasteiger partial charge in [0.1, 0.15) is 11.9 Å². The summed E-state index contributed by atoms with van der Waals surface area (Å²) < 4.78 is 14.6. The minimum Gasteiger partial charge on any atom is -0.381 e. The second-order valence-corrected chi connectivity index (χ2v) is 3.18. The standard InChI is InChI=1S/C10H8FN5/c11-8-4-2-1-3-7(8)6-16-10(13)9(5-12)14-15-16/h1-4H,6,13H2. The number of aromatic nitrogens is 3. The first-order valence-corrected chi connectivity index (χ1v) is 4.55. The SMILES string of the molecule is N#Cc1nnn(Cc2ccccc2F)c1N. The lowest BCUT2D eigenvalue weighted by atomic mass is 10.2. The van der Waals surface area contributed by atoms with Crippen LogP contribution in [0.3, 0.4) is 0 Å². The molecular formula is C10H8FN5. The Bertz CT molecular complexity index is 555. The van der Waals surface area contributed by atoms with Gasteiger partial charge in [-0.15, -0.1) is 5.10 Å². The number of benzene rings is 1. The number of nitrogen functional groups attached to an aromatic ring is 1. The Hall–Kier alpha value is -2.42. The number of hydrogen-bond donors (Lipinski definition) is 1. The van der Waals surface area contributed by atoms with E-state index in [1.54, 1.807) is 24.3 Å². The Morgan fingerprint density at radius 3 is 2.81 bits per heavy atom. The molecule has 0 spiro atoms. The molecule has 0 unspecified atom stereocenters. The highest BCUT2D eigenvalue weighted by Gasteiger charge is 2.10. The van der Waals surface area contributed by atoms with Crippen molar-refractivity contribution >= 4 is 5.82 Å². The van der Waals surface area contributed by atoms with Crippen LogP contribution in [0.5, 0.6) is 0 Å². The summed E-state index contributed by atoms with van der Waals surface area (Å²) in [6.45, 7) is 0.160. The van der Waals surface area contributed by atoms with Crippen molar-refractivity contribution in [2.45, 2.75) is 6.54 Å². The van der Waals surface area contributed by atoms with Gasteiger partial charge in [-0.25, -0.2) is 9.07 Å². The van der Waals surface area contributed by atoms with Gasteiger partial charge < -0.3 is 5.73 Å². The van der Waals surface area contributed by atoms with Gasteiger partial charge in [0.15, 0.2) is 5.82 Å². The number of rotatable bonds is 2. The average Bonchev–Trinajstić information content (AvgIpc) is 2.63. The summed E-state index contributed by atoms with van der Waals surface area (Å²) >= 11 is 0. The molecule has 2 rings (SSSR count). The van der Waals surface area contributed by atoms with Crippen LogP contribution in [-0.2, 0) is 6.54 Å². The molecule has 0 aliphatic heterocycles. The van der Waals surface area contributed by atoms with Gasteiger partial charge in [-0.05, 0) is 6.07 Å². The third kappa shape index (κ3) is 1.70. The molecule has 0 aliphatic carbocycles. The zero-order chi connectivity index (χ0) is 11.5. The first-order chi connectivity index (χ1) is 7.72. The van der Waals surface area contributed by atoms with Gasteiger partial charge in [0.2, 0.25) is 5.69 Å². The van der Waals surface area contributed by atoms with E-state index in [0.29, 0.717) is 5.56 Å². The Labute approximate surface area is 90.9 Å². The van der Waals surface area contributed by atoms with E-state index in [4.69, 9.17) is 11.0 Å². The predicted molar refractivity (Wildman–Crippen MR) is 54.7 cm³/mol. The fraction of sp³-hybridized carbons (Fsp3) is 0.100. The molecule has 0 saturated carbocycles. The molecule has 2 aromatic rings. The Morgan fingerprint density at radius 1 is 1.44 bits per heavy atom. The van der Waals surface area contributed by atoms with Gasteiger partial charge >= 0.3 is 0 Å². The molecule has 0 atom stereocenters. The number of anilines is 1. The van der Waals surface area contributed by atoms with Crippen molar-refractivity contribution in [3.63, 3.8) is 0 Å². The Kier molecular flexibility index (Phi) is 2.52. The van der Waals surface area contributed by atoms with Gasteiger partial charge in [0, 0.05) is 5.56 Å². The van der Waals surface area contributed by atoms with Crippen molar-refractivity contribution in [3.05, 3.63) is 41.3 Å². The summed E-state index contributed by atoms with van der Waals surface area (Å²) in [6.07, 6.45) is 0. The summed E-state index contributed by atoms with van der Waals surface area (Å²) in [5.74, 6) is -0.193. The van der Waals surface area contributed by atoms with Gasteiger partial charge in [0.25, 0.3) is 0 Å². The Morgan fingerprint density at radius 2 is 2.19 bits per heavy atom. The zero-order valence-corrected chi connectivity index (χ0v) is 8.26. The smallest absolute Gasteiger partial charge is 0.206 e. The molecule has 0 bridgehead atoms. The van der Waals surface area contributed by atoms with Gasteiger partial charge in [-0.1, -0.05) is 23.4 Å². The maximum Gasteiger partial charge on any atom is 0.206 e. The van der Waals surface area contributed by atoms with E-state index in [0.717, 1.165) is 0 Å². The Balaban J connectivity index is 2.32. The molecular weight excluding hydrogens is 209 g/mol. The number of halogens is 1. The lowest BCUT2D eigenvalue weighted by molar-refractivity contribution is 0.580. The highest BCUT2D eigenvalue weighted by atomic mass is 19.1. The van der Waals surface area contributed by atoms with Crippen LogP contribution in [0.2, 0.25) is 0 Å². The number of nitriles is 1. The number of hydrogen-bond acceptors (Lipinski definition) is 4. The second kappa shape index (κ2) is 3.98. The normalized spacial score (nSPS) is 10.0. The highest BCUT2D eigenvalue weighted by Crippen LogP contribution is 2.12. The van der Waals surface area contributed by atoms with Crippen LogP contribution in [0.1, 0.15) is 11.3 Å². The van der Waals surface area contributed by atoms with Gasteiger partial charge in [-0.2, -0.15) is 5.26 Å². The monoisotopic (exact) mass is 217 g/mol. The van der Waals surface area contributed by atoms with E-state index < -0.39 is 0 Å². The van der Waals surface area contributed by atoms with Crippen LogP contribution in [0.25, 0.3) is 0 Å². The summed E-state index contributed by atoms with van der Waals surface area (Å²) in [7, 11) is 0. The largest absolute Gasteiger partial charge is 0.381 e. The van der Waals surface area contributed by atoms with E-state index in [-0.39, 0.29) is 23.9 Å². The van der Waals surface area contributed by atoms with Crippen molar-refractivity contribution in [2.24, 2.45) is 0 Å². The van der Waals surface area contributed by atoms with Crippen molar-refractivity contribution < 1.29 is 4.39 Å². The molecule has 0 radical (unpaired) electrons. The summed E-state index contributed by atoms with van der Waals surface area (Å²) in [5.41, 5.74) is 6.10. The number of nitrogens with two attached hydrogens (primary N) is 1. The van der Waals surface area contributed by atoms with Crippen LogP contribution in [-0.4, -0.2) is 15.0 Å². The molecule has 2 N–H and O–H groups in total. The molecule has 1 heterocycles. The highest BCUT2D eigenvalue weighted by molar-refractivity contribution is 5.43. The van der Waals surface area contributed by atoms with Crippen LogP contribution in [0.4, 0.5) is 10.2 Å². The molecule has 0 saturated heterocycles. The lowest BCUT2D eigenvalue weighted by Crippen LogP contribution is -2.07. The second-order valence-electron chi connectivity index (χ2n) is 3.18. The molecule has 1 aromatic heterocycles. The third-order valence-electron chi connectivity index (χ3n) is 2.16. The fourth-order valence-electron chi connectivity index (χ4n) is 1.30. The molecule has 5 nitrogen and oxygen atoms in total. The van der Waals surface area contributed by atoms with E-state index >= 15 is 0 Å². The molecule has 80 valence electrons.